The fourth-order valence-electron chi connectivity index (χ4n) is 1.92. The number of hydrogen-bond donors (Lipinski definition) is 4. The maximum Gasteiger partial charge on any atom is 0.237 e. The third kappa shape index (κ3) is 2.88. The van der Waals surface area contributed by atoms with Crippen molar-refractivity contribution in [3.05, 3.63) is 17.7 Å². The first-order valence-corrected chi connectivity index (χ1v) is 6.28. The molecule has 1 aromatic heterocycles. The largest absolute Gasteiger partial charge is 0.391 e. The molecule has 0 bridgehead atoms. The highest BCUT2D eigenvalue weighted by atomic mass is 16.3. The van der Waals surface area contributed by atoms with E-state index in [2.05, 4.69) is 20.6 Å². The zero-order valence-corrected chi connectivity index (χ0v) is 10.7. The Bertz CT molecular complexity index is 416. The van der Waals surface area contributed by atoms with E-state index in [9.17, 15) is 9.90 Å². The van der Waals surface area contributed by atoms with Crippen molar-refractivity contribution in [2.24, 2.45) is 5.92 Å². The predicted molar refractivity (Wildman–Crippen MR) is 66.8 cm³/mol. The van der Waals surface area contributed by atoms with E-state index >= 15 is 0 Å². The summed E-state index contributed by atoms with van der Waals surface area (Å²) in [6.07, 6.45) is 1.73. The van der Waals surface area contributed by atoms with Crippen LogP contribution in [-0.2, 0) is 17.8 Å². The maximum atomic E-state index is 11.9. The van der Waals surface area contributed by atoms with Crippen molar-refractivity contribution >= 4 is 5.91 Å². The Hall–Kier alpha value is -1.40. The molecule has 0 spiro atoms. The normalized spacial score (nSPS) is 20.6. The molecule has 6 nitrogen and oxygen atoms in total. The van der Waals surface area contributed by atoms with E-state index in [1.54, 1.807) is 6.33 Å². The van der Waals surface area contributed by atoms with Crippen LogP contribution in [0.1, 0.15) is 25.2 Å². The van der Waals surface area contributed by atoms with Gasteiger partial charge in [-0.3, -0.25) is 10.1 Å². The fraction of sp³-hybridized carbons (Fsp3) is 0.667. The van der Waals surface area contributed by atoms with Crippen LogP contribution >= 0.6 is 0 Å². The first kappa shape index (κ1) is 13.0. The minimum atomic E-state index is -0.501. The highest BCUT2D eigenvalue weighted by Crippen LogP contribution is 2.12. The molecule has 2 heterocycles. The minimum Gasteiger partial charge on any atom is -0.391 e. The van der Waals surface area contributed by atoms with E-state index in [4.69, 9.17) is 0 Å². The molecule has 4 N–H and O–H groups in total. The van der Waals surface area contributed by atoms with Gasteiger partial charge in [0.25, 0.3) is 0 Å². The third-order valence-electron chi connectivity index (χ3n) is 3.30. The van der Waals surface area contributed by atoms with E-state index in [0.29, 0.717) is 19.5 Å². The van der Waals surface area contributed by atoms with Crippen molar-refractivity contribution in [2.45, 2.75) is 39.0 Å². The summed E-state index contributed by atoms with van der Waals surface area (Å²) in [5.74, 6) is 0.0610. The number of carbonyl (C=O) groups is 1. The molecule has 0 saturated heterocycles. The molecule has 0 aromatic carbocycles. The molecule has 1 aliphatic heterocycles. The number of aliphatic hydroxyl groups is 1. The van der Waals surface area contributed by atoms with Gasteiger partial charge in [-0.2, -0.15) is 0 Å². The van der Waals surface area contributed by atoms with Crippen molar-refractivity contribution < 1.29 is 9.90 Å². The average molecular weight is 252 g/mol. The topological polar surface area (TPSA) is 90.0 Å². The molecular weight excluding hydrogens is 232 g/mol. The summed E-state index contributed by atoms with van der Waals surface area (Å²) in [7, 11) is 0. The number of nitrogens with zero attached hydrogens (tertiary/aromatic N) is 1. The van der Waals surface area contributed by atoms with Gasteiger partial charge in [0.15, 0.2) is 0 Å². The maximum absolute atomic E-state index is 11.9. The molecule has 2 unspecified atom stereocenters. The SMILES string of the molecule is CC(C)C(O)CNC(=O)C1Cc2nc[nH]c2CN1. The molecule has 0 aliphatic carbocycles. The first-order chi connectivity index (χ1) is 8.58. The molecule has 100 valence electrons. The number of H-pyrrole nitrogens is 1. The van der Waals surface area contributed by atoms with Crippen molar-refractivity contribution in [1.82, 2.24) is 20.6 Å². The Balaban J connectivity index is 1.84. The van der Waals surface area contributed by atoms with Crippen LogP contribution in [-0.4, -0.2) is 39.7 Å². The number of fused-ring (bicyclic) bond motifs is 1. The standard InChI is InChI=1S/C12H20N4O2/c1-7(2)11(17)5-14-12(18)9-3-8-10(4-13-9)16-6-15-8/h6-7,9,11,13,17H,3-5H2,1-2H3,(H,14,18)(H,15,16). The van der Waals surface area contributed by atoms with Crippen LogP contribution in [0, 0.1) is 5.92 Å². The van der Waals surface area contributed by atoms with E-state index in [1.165, 1.54) is 0 Å². The lowest BCUT2D eigenvalue weighted by Gasteiger charge is -2.23. The van der Waals surface area contributed by atoms with E-state index in [-0.39, 0.29) is 17.9 Å². The van der Waals surface area contributed by atoms with E-state index < -0.39 is 6.10 Å². The van der Waals surface area contributed by atoms with Gasteiger partial charge in [-0.05, 0) is 5.92 Å². The number of nitrogens with one attached hydrogen (secondary N) is 3. The van der Waals surface area contributed by atoms with Gasteiger partial charge in [-0.15, -0.1) is 0 Å². The Kier molecular flexibility index (Phi) is 3.98. The number of aromatic amines is 1. The second-order valence-electron chi connectivity index (χ2n) is 5.02. The zero-order chi connectivity index (χ0) is 13.1. The van der Waals surface area contributed by atoms with Crippen molar-refractivity contribution in [3.8, 4) is 0 Å². The van der Waals surface area contributed by atoms with Crippen molar-refractivity contribution in [1.29, 1.82) is 0 Å². The third-order valence-corrected chi connectivity index (χ3v) is 3.30. The van der Waals surface area contributed by atoms with Crippen LogP contribution < -0.4 is 10.6 Å². The zero-order valence-electron chi connectivity index (χ0n) is 10.7. The van der Waals surface area contributed by atoms with Crippen LogP contribution in [0.5, 0.6) is 0 Å². The first-order valence-electron chi connectivity index (χ1n) is 6.28. The van der Waals surface area contributed by atoms with Gasteiger partial charge in [0.1, 0.15) is 0 Å². The second kappa shape index (κ2) is 5.49. The summed E-state index contributed by atoms with van der Waals surface area (Å²) in [5, 5.41) is 15.6. The average Bonchev–Trinajstić information content (AvgIpc) is 2.82. The Labute approximate surface area is 106 Å². The van der Waals surface area contributed by atoms with Crippen molar-refractivity contribution in [2.75, 3.05) is 6.54 Å². The van der Waals surface area contributed by atoms with Gasteiger partial charge in [-0.25, -0.2) is 4.98 Å². The van der Waals surface area contributed by atoms with Crippen LogP contribution in [0.15, 0.2) is 6.33 Å². The van der Waals surface area contributed by atoms with Gasteiger partial charge in [-0.1, -0.05) is 13.8 Å². The quantitative estimate of drug-likeness (QED) is 0.584. The number of aliphatic hydroxyl groups excluding tert-OH is 1. The summed E-state index contributed by atoms with van der Waals surface area (Å²) in [5.41, 5.74) is 1.99. The van der Waals surface area contributed by atoms with Gasteiger partial charge in [0.05, 0.1) is 29.9 Å². The molecule has 18 heavy (non-hydrogen) atoms. The Morgan fingerprint density at radius 2 is 2.44 bits per heavy atom. The molecule has 0 fully saturated rings. The molecule has 0 radical (unpaired) electrons. The van der Waals surface area contributed by atoms with Crippen LogP contribution in [0.25, 0.3) is 0 Å². The van der Waals surface area contributed by atoms with Crippen LogP contribution in [0.2, 0.25) is 0 Å². The summed E-state index contributed by atoms with van der Waals surface area (Å²) >= 11 is 0. The van der Waals surface area contributed by atoms with E-state index in [1.807, 2.05) is 13.8 Å². The summed E-state index contributed by atoms with van der Waals surface area (Å²) in [6, 6.07) is -0.264. The smallest absolute Gasteiger partial charge is 0.237 e. The van der Waals surface area contributed by atoms with Gasteiger partial charge in [0.2, 0.25) is 5.91 Å². The second-order valence-corrected chi connectivity index (χ2v) is 5.02. The number of aromatic nitrogens is 2. The molecule has 1 amide bonds. The number of hydrogen-bond acceptors (Lipinski definition) is 4. The fourth-order valence-corrected chi connectivity index (χ4v) is 1.92. The molecule has 1 aromatic rings. The molecule has 6 heteroatoms. The summed E-state index contributed by atoms with van der Waals surface area (Å²) in [6.45, 7) is 4.76. The lowest BCUT2D eigenvalue weighted by molar-refractivity contribution is -0.123. The number of rotatable bonds is 4. The minimum absolute atomic E-state index is 0.0802. The highest BCUT2D eigenvalue weighted by Gasteiger charge is 2.26. The molecule has 2 atom stereocenters. The van der Waals surface area contributed by atoms with Gasteiger partial charge in [0, 0.05) is 19.5 Å². The number of amides is 1. The van der Waals surface area contributed by atoms with Crippen LogP contribution in [0.4, 0.5) is 0 Å². The monoisotopic (exact) mass is 252 g/mol. The van der Waals surface area contributed by atoms with Crippen molar-refractivity contribution in [3.63, 3.8) is 0 Å². The number of imidazole rings is 1. The van der Waals surface area contributed by atoms with E-state index in [0.717, 1.165) is 11.4 Å². The summed E-state index contributed by atoms with van der Waals surface area (Å²) in [4.78, 5) is 19.2. The molecule has 0 saturated carbocycles. The summed E-state index contributed by atoms with van der Waals surface area (Å²) < 4.78 is 0. The molecule has 2 rings (SSSR count). The Morgan fingerprint density at radius 1 is 1.67 bits per heavy atom. The lowest BCUT2D eigenvalue weighted by atomic mass is 10.0. The lowest BCUT2D eigenvalue weighted by Crippen LogP contribution is -2.49. The highest BCUT2D eigenvalue weighted by molar-refractivity contribution is 5.82. The predicted octanol–water partition coefficient (Wildman–Crippen LogP) is -0.443. The van der Waals surface area contributed by atoms with Crippen LogP contribution in [0.3, 0.4) is 0 Å². The van der Waals surface area contributed by atoms with Gasteiger partial charge >= 0.3 is 0 Å². The molecular formula is C12H20N4O2. The van der Waals surface area contributed by atoms with Gasteiger partial charge < -0.3 is 15.4 Å². The molecule has 1 aliphatic rings. The Morgan fingerprint density at radius 3 is 3.17 bits per heavy atom. The number of carbonyl (C=O) groups excluding carboxylic acids is 1.